The minimum absolute atomic E-state index is 0.270. The van der Waals surface area contributed by atoms with Crippen molar-refractivity contribution in [2.75, 3.05) is 39.4 Å². The van der Waals surface area contributed by atoms with Crippen molar-refractivity contribution in [3.63, 3.8) is 0 Å². The minimum atomic E-state index is -0.993. The number of hydrogen-bond acceptors (Lipinski definition) is 5. The predicted octanol–water partition coefficient (Wildman–Crippen LogP) is -0.181. The Morgan fingerprint density at radius 2 is 2.07 bits per heavy atom. The highest BCUT2D eigenvalue weighted by Crippen LogP contribution is 2.38. The molecular weight excluding hydrogens is 390 g/mol. The number of pyridine rings is 1. The third kappa shape index (κ3) is 4.14. The maximum Gasteiger partial charge on any atom is 0.291 e. The van der Waals surface area contributed by atoms with Gasteiger partial charge in [-0.3, -0.25) is 14.4 Å². The monoisotopic (exact) mass is 415 g/mol. The third-order valence-electron chi connectivity index (χ3n) is 5.65. The highest BCUT2D eigenvalue weighted by molar-refractivity contribution is 7.12. The number of aromatic amines is 1. The Labute approximate surface area is 173 Å². The van der Waals surface area contributed by atoms with Gasteiger partial charge in [-0.25, -0.2) is 4.98 Å². The summed E-state index contributed by atoms with van der Waals surface area (Å²) >= 11 is 1.30. The van der Waals surface area contributed by atoms with Crippen molar-refractivity contribution in [2.45, 2.75) is 12.5 Å². The molecule has 2 aliphatic heterocycles. The van der Waals surface area contributed by atoms with E-state index in [-0.39, 0.29) is 5.78 Å². The van der Waals surface area contributed by atoms with Crippen molar-refractivity contribution in [2.24, 2.45) is 5.92 Å². The molecule has 7 nitrogen and oxygen atoms in total. The molecule has 2 aromatic rings. The molecule has 2 aromatic heterocycles. The van der Waals surface area contributed by atoms with Gasteiger partial charge in [0.25, 0.3) is 5.91 Å². The van der Waals surface area contributed by atoms with E-state index < -0.39 is 23.7 Å². The molecule has 2 saturated heterocycles. The van der Waals surface area contributed by atoms with Crippen molar-refractivity contribution in [3.05, 3.63) is 52.5 Å². The summed E-state index contributed by atoms with van der Waals surface area (Å²) in [7, 11) is 0. The van der Waals surface area contributed by atoms with E-state index in [0.717, 1.165) is 44.8 Å². The maximum atomic E-state index is 13.1. The molecule has 0 spiro atoms. The summed E-state index contributed by atoms with van der Waals surface area (Å²) in [5, 5.41) is 1.81. The smallest absolute Gasteiger partial charge is 0.291 e. The summed E-state index contributed by atoms with van der Waals surface area (Å²) in [4.78, 5) is 45.4. The fraction of sp³-hybridized carbons (Fsp3) is 0.429. The number of hydrogen-bond donors (Lipinski definition) is 1. The van der Waals surface area contributed by atoms with Crippen molar-refractivity contribution in [1.82, 2.24) is 4.90 Å². The molecular formula is C21H25N3O4S+2. The molecule has 29 heavy (non-hydrogen) atoms. The normalized spacial score (nSPS) is 23.0. The Bertz CT molecular complexity index is 865. The molecule has 0 saturated carbocycles. The SMILES string of the molecule is O=C1C(=O)N(CCC[NH+]2CCOCC2)C(c2ccc[nH+]c2)C1C(=O)c1cccs1. The number of quaternary nitrogens is 1. The number of nitrogens with one attached hydrogen (secondary N) is 2. The molecule has 4 heterocycles. The summed E-state index contributed by atoms with van der Waals surface area (Å²) in [6.07, 6.45) is 4.32. The number of nitrogens with zero attached hydrogens (tertiary/aromatic N) is 1. The number of carbonyl (C=O) groups is 3. The Morgan fingerprint density at radius 1 is 1.24 bits per heavy atom. The molecule has 2 fully saturated rings. The zero-order chi connectivity index (χ0) is 20.2. The quantitative estimate of drug-likeness (QED) is 0.386. The van der Waals surface area contributed by atoms with Crippen LogP contribution >= 0.6 is 11.3 Å². The van der Waals surface area contributed by atoms with Crippen molar-refractivity contribution >= 4 is 28.8 Å². The van der Waals surface area contributed by atoms with Gasteiger partial charge in [0.1, 0.15) is 19.0 Å². The number of morpholine rings is 1. The number of ether oxygens (including phenoxy) is 1. The minimum Gasteiger partial charge on any atom is -0.370 e. The van der Waals surface area contributed by atoms with Crippen LogP contribution in [0.5, 0.6) is 0 Å². The maximum absolute atomic E-state index is 13.1. The standard InChI is InChI=1S/C21H23N3O4S/c25-19(16-5-2-13-29-16)17-18(15-4-1-6-22-14-15)24(21(27)20(17)26)8-3-7-23-9-11-28-12-10-23/h1-2,4-6,13-14,17-18H,3,7-12H2/p+2. The van der Waals surface area contributed by atoms with Gasteiger partial charge >= 0.3 is 0 Å². The molecule has 4 rings (SSSR count). The highest BCUT2D eigenvalue weighted by Gasteiger charge is 2.52. The topological polar surface area (TPSA) is 82.3 Å². The number of Topliss-reactive ketones (excluding diaryl/α,β-unsaturated/α-hetero) is 2. The molecule has 2 atom stereocenters. The molecule has 2 unspecified atom stereocenters. The first-order valence-corrected chi connectivity index (χ1v) is 10.8. The van der Waals surface area contributed by atoms with Gasteiger partial charge in [-0.05, 0) is 17.5 Å². The molecule has 1 amide bonds. The third-order valence-corrected chi connectivity index (χ3v) is 6.54. The molecule has 152 valence electrons. The number of aromatic nitrogens is 1. The summed E-state index contributed by atoms with van der Waals surface area (Å²) in [5.41, 5.74) is 0.778. The Morgan fingerprint density at radius 3 is 2.76 bits per heavy atom. The van der Waals surface area contributed by atoms with Crippen LogP contribution in [0.4, 0.5) is 0 Å². The Hall–Kier alpha value is -2.42. The number of rotatable bonds is 7. The number of thiophene rings is 1. The number of ketones is 2. The van der Waals surface area contributed by atoms with E-state index in [4.69, 9.17) is 4.74 Å². The first-order chi connectivity index (χ1) is 14.2. The fourth-order valence-electron chi connectivity index (χ4n) is 4.17. The molecule has 0 radical (unpaired) electrons. The Balaban J connectivity index is 1.56. The van der Waals surface area contributed by atoms with E-state index in [0.29, 0.717) is 11.4 Å². The molecule has 2 aliphatic rings. The zero-order valence-corrected chi connectivity index (χ0v) is 17.0. The van der Waals surface area contributed by atoms with Crippen LogP contribution in [-0.2, 0) is 14.3 Å². The van der Waals surface area contributed by atoms with E-state index in [2.05, 4.69) is 4.98 Å². The van der Waals surface area contributed by atoms with Gasteiger partial charge in [-0.15, -0.1) is 11.3 Å². The number of carbonyl (C=O) groups excluding carboxylic acids is 3. The van der Waals surface area contributed by atoms with E-state index in [9.17, 15) is 14.4 Å². The molecule has 0 aliphatic carbocycles. The lowest BCUT2D eigenvalue weighted by Gasteiger charge is -2.28. The lowest BCUT2D eigenvalue weighted by atomic mass is 9.89. The number of likely N-dealkylation sites (tertiary alicyclic amines) is 1. The van der Waals surface area contributed by atoms with Crippen LogP contribution < -0.4 is 9.88 Å². The van der Waals surface area contributed by atoms with E-state index >= 15 is 0 Å². The molecule has 8 heteroatoms. The predicted molar refractivity (Wildman–Crippen MR) is 106 cm³/mol. The van der Waals surface area contributed by atoms with Crippen molar-refractivity contribution < 1.29 is 29.0 Å². The summed E-state index contributed by atoms with van der Waals surface area (Å²) in [5.74, 6) is -2.41. The molecule has 0 aromatic carbocycles. The van der Waals surface area contributed by atoms with Crippen LogP contribution in [0.2, 0.25) is 0 Å². The molecule has 0 bridgehead atoms. The second-order valence-electron chi connectivity index (χ2n) is 7.43. The van der Waals surface area contributed by atoms with Gasteiger partial charge in [0, 0.05) is 24.6 Å². The lowest BCUT2D eigenvalue weighted by molar-refractivity contribution is -0.908. The first kappa shape index (κ1) is 19.9. The summed E-state index contributed by atoms with van der Waals surface area (Å²) in [6.45, 7) is 4.82. The van der Waals surface area contributed by atoms with Crippen LogP contribution in [0.15, 0.2) is 42.0 Å². The van der Waals surface area contributed by atoms with Crippen LogP contribution in [0.25, 0.3) is 0 Å². The molecule has 2 N–H and O–H groups in total. The van der Waals surface area contributed by atoms with E-state index in [1.54, 1.807) is 29.4 Å². The number of amides is 1. The second kappa shape index (κ2) is 8.94. The van der Waals surface area contributed by atoms with Crippen molar-refractivity contribution in [3.8, 4) is 0 Å². The fourth-order valence-corrected chi connectivity index (χ4v) is 4.88. The first-order valence-electron chi connectivity index (χ1n) is 9.96. The Kier molecular flexibility index (Phi) is 6.13. The van der Waals surface area contributed by atoms with Gasteiger partial charge < -0.3 is 14.5 Å². The summed E-state index contributed by atoms with van der Waals surface area (Å²) in [6, 6.07) is 6.62. The lowest BCUT2D eigenvalue weighted by Crippen LogP contribution is -3.14. The van der Waals surface area contributed by atoms with E-state index in [1.807, 2.05) is 17.5 Å². The van der Waals surface area contributed by atoms with Crippen molar-refractivity contribution in [1.29, 1.82) is 0 Å². The van der Waals surface area contributed by atoms with Crippen LogP contribution in [0, 0.1) is 5.92 Å². The van der Waals surface area contributed by atoms with Gasteiger partial charge in [0.05, 0.1) is 30.7 Å². The van der Waals surface area contributed by atoms with E-state index in [1.165, 1.54) is 16.2 Å². The van der Waals surface area contributed by atoms with Gasteiger partial charge in [0.2, 0.25) is 5.78 Å². The highest BCUT2D eigenvalue weighted by atomic mass is 32.1. The average molecular weight is 416 g/mol. The van der Waals surface area contributed by atoms with Crippen LogP contribution in [-0.4, -0.2) is 61.8 Å². The zero-order valence-electron chi connectivity index (χ0n) is 16.1. The number of H-pyrrole nitrogens is 1. The second-order valence-corrected chi connectivity index (χ2v) is 8.38. The van der Waals surface area contributed by atoms with Crippen LogP contribution in [0.1, 0.15) is 27.7 Å². The van der Waals surface area contributed by atoms with Gasteiger partial charge in [0.15, 0.2) is 18.2 Å². The largest absolute Gasteiger partial charge is 0.370 e. The summed E-state index contributed by atoms with van der Waals surface area (Å²) < 4.78 is 5.39. The van der Waals surface area contributed by atoms with Gasteiger partial charge in [-0.2, -0.15) is 0 Å². The average Bonchev–Trinajstić information content (AvgIpc) is 3.38. The van der Waals surface area contributed by atoms with Crippen LogP contribution in [0.3, 0.4) is 0 Å². The van der Waals surface area contributed by atoms with Gasteiger partial charge in [-0.1, -0.05) is 6.07 Å².